The molecule has 5 rings (SSSR count). The van der Waals surface area contributed by atoms with Crippen molar-refractivity contribution in [2.75, 3.05) is 56.8 Å². The molecule has 9 heteroatoms. The first-order valence-electron chi connectivity index (χ1n) is 11.4. The Hall–Kier alpha value is -3.59. The maximum Gasteiger partial charge on any atom is 0.275 e. The number of rotatable bonds is 4. The Bertz CT molecular complexity index is 1300. The van der Waals surface area contributed by atoms with Gasteiger partial charge in [-0.15, -0.1) is 0 Å². The minimum Gasteiger partial charge on any atom is -0.487 e. The minimum atomic E-state index is -0.550. The molecular weight excluding hydrogens is 437 g/mol. The Morgan fingerprint density at radius 1 is 1.18 bits per heavy atom. The summed E-state index contributed by atoms with van der Waals surface area (Å²) in [7, 11) is 3.74. The summed E-state index contributed by atoms with van der Waals surface area (Å²) in [6.07, 6.45) is 1.57. The van der Waals surface area contributed by atoms with Gasteiger partial charge in [-0.05, 0) is 32.2 Å². The van der Waals surface area contributed by atoms with Crippen molar-refractivity contribution in [1.29, 1.82) is 0 Å². The number of carbonyl (C=O) groups is 1. The molecule has 3 heterocycles. The van der Waals surface area contributed by atoms with E-state index in [1.54, 1.807) is 18.3 Å². The molecule has 1 saturated heterocycles. The van der Waals surface area contributed by atoms with Gasteiger partial charge in [0.15, 0.2) is 11.6 Å². The van der Waals surface area contributed by atoms with Gasteiger partial charge in [-0.2, -0.15) is 0 Å². The van der Waals surface area contributed by atoms with Gasteiger partial charge < -0.3 is 19.1 Å². The number of carbonyl (C=O) groups excluding carboxylic acids is 1. The van der Waals surface area contributed by atoms with E-state index in [1.807, 2.05) is 53.8 Å². The summed E-state index contributed by atoms with van der Waals surface area (Å²) in [5.74, 6) is -0.682. The second-order valence-electron chi connectivity index (χ2n) is 9.00. The number of likely N-dealkylation sites (N-methyl/N-ethyl adjacent to an activating group) is 1. The summed E-state index contributed by atoms with van der Waals surface area (Å²) in [6, 6.07) is 10.4. The number of hydrazine groups is 1. The topological polar surface area (TPSA) is 70.1 Å². The molecule has 2 aliphatic heterocycles. The standard InChI is InChI=1S/C25H28FN5O3/c1-16-15-34-24-21-18(13-20(26)22(24)30-11-9-28(2)10-12-30)23(32)19(14-31(16)21)25(33)27-29(3)17-7-5-4-6-8-17/h4-8,13-14,16H,9-12,15H2,1-3H3,(H,27,33). The van der Waals surface area contributed by atoms with Crippen LogP contribution in [-0.4, -0.2) is 62.3 Å². The molecule has 3 aromatic rings. The summed E-state index contributed by atoms with van der Waals surface area (Å²) in [5, 5.41) is 1.70. The molecule has 0 spiro atoms. The zero-order valence-corrected chi connectivity index (χ0v) is 19.5. The van der Waals surface area contributed by atoms with E-state index in [9.17, 15) is 9.59 Å². The van der Waals surface area contributed by atoms with E-state index in [4.69, 9.17) is 4.74 Å². The second kappa shape index (κ2) is 8.64. The van der Waals surface area contributed by atoms with Crippen molar-refractivity contribution >= 4 is 28.2 Å². The first-order chi connectivity index (χ1) is 16.3. The number of hydrogen-bond acceptors (Lipinski definition) is 6. The summed E-state index contributed by atoms with van der Waals surface area (Å²) in [5.41, 5.74) is 3.87. The van der Waals surface area contributed by atoms with Crippen LogP contribution in [0.2, 0.25) is 0 Å². The number of anilines is 2. The number of pyridine rings is 1. The van der Waals surface area contributed by atoms with E-state index < -0.39 is 17.2 Å². The lowest BCUT2D eigenvalue weighted by molar-refractivity contribution is 0.0949. The number of ether oxygens (including phenoxy) is 1. The van der Waals surface area contributed by atoms with Gasteiger partial charge in [-0.1, -0.05) is 18.2 Å². The first-order valence-corrected chi connectivity index (χ1v) is 11.4. The highest BCUT2D eigenvalue weighted by molar-refractivity contribution is 6.00. The fourth-order valence-electron chi connectivity index (χ4n) is 4.63. The molecule has 0 saturated carbocycles. The molecule has 1 atom stereocenters. The average Bonchev–Trinajstić information content (AvgIpc) is 2.83. The van der Waals surface area contributed by atoms with Gasteiger partial charge in [0.1, 0.15) is 17.9 Å². The third kappa shape index (κ3) is 3.75. The van der Waals surface area contributed by atoms with Crippen LogP contribution in [0.25, 0.3) is 10.9 Å². The van der Waals surface area contributed by atoms with Crippen LogP contribution in [0.15, 0.2) is 47.4 Å². The normalized spacial score (nSPS) is 18.0. The van der Waals surface area contributed by atoms with E-state index in [1.165, 1.54) is 6.07 Å². The van der Waals surface area contributed by atoms with Crippen LogP contribution in [0, 0.1) is 5.82 Å². The van der Waals surface area contributed by atoms with Crippen molar-refractivity contribution in [2.45, 2.75) is 13.0 Å². The van der Waals surface area contributed by atoms with Gasteiger partial charge in [0.25, 0.3) is 5.91 Å². The maximum absolute atomic E-state index is 15.5. The average molecular weight is 466 g/mol. The monoisotopic (exact) mass is 465 g/mol. The number of nitrogens with one attached hydrogen (secondary N) is 1. The van der Waals surface area contributed by atoms with Crippen LogP contribution in [0.3, 0.4) is 0 Å². The van der Waals surface area contributed by atoms with Crippen molar-refractivity contribution in [1.82, 2.24) is 14.9 Å². The predicted octanol–water partition coefficient (Wildman–Crippen LogP) is 2.63. The molecule has 8 nitrogen and oxygen atoms in total. The van der Waals surface area contributed by atoms with Crippen LogP contribution in [-0.2, 0) is 0 Å². The molecule has 1 amide bonds. The Balaban J connectivity index is 1.59. The SMILES string of the molecule is CC1COc2c(N3CCN(C)CC3)c(F)cc3c(=O)c(C(=O)NN(C)c4ccccc4)cn1c23. The number of benzene rings is 2. The largest absolute Gasteiger partial charge is 0.487 e. The molecule has 2 aromatic carbocycles. The number of hydrogen-bond donors (Lipinski definition) is 1. The highest BCUT2D eigenvalue weighted by Gasteiger charge is 2.31. The zero-order chi connectivity index (χ0) is 24.0. The van der Waals surface area contributed by atoms with E-state index in [-0.39, 0.29) is 17.0 Å². The highest BCUT2D eigenvalue weighted by Crippen LogP contribution is 2.42. The van der Waals surface area contributed by atoms with Crippen molar-refractivity contribution in [3.8, 4) is 5.75 Å². The van der Waals surface area contributed by atoms with Crippen LogP contribution < -0.4 is 25.5 Å². The summed E-state index contributed by atoms with van der Waals surface area (Å²) in [6.45, 7) is 5.23. The molecule has 0 aliphatic carbocycles. The van der Waals surface area contributed by atoms with E-state index >= 15 is 4.39 Å². The number of para-hydroxylation sites is 1. The van der Waals surface area contributed by atoms with Crippen LogP contribution >= 0.6 is 0 Å². The summed E-state index contributed by atoms with van der Waals surface area (Å²) < 4.78 is 23.3. The Morgan fingerprint density at radius 2 is 1.88 bits per heavy atom. The van der Waals surface area contributed by atoms with Gasteiger partial charge in [0.2, 0.25) is 5.43 Å². The Labute approximate surface area is 197 Å². The van der Waals surface area contributed by atoms with Crippen molar-refractivity contribution < 1.29 is 13.9 Å². The van der Waals surface area contributed by atoms with Gasteiger partial charge >= 0.3 is 0 Å². The smallest absolute Gasteiger partial charge is 0.275 e. The zero-order valence-electron chi connectivity index (χ0n) is 19.5. The van der Waals surface area contributed by atoms with Gasteiger partial charge in [-0.3, -0.25) is 20.0 Å². The van der Waals surface area contributed by atoms with E-state index in [2.05, 4.69) is 10.3 Å². The van der Waals surface area contributed by atoms with Gasteiger partial charge in [0, 0.05) is 39.4 Å². The lowest BCUT2D eigenvalue weighted by atomic mass is 10.0. The Kier molecular flexibility index (Phi) is 5.65. The number of piperazine rings is 1. The fourth-order valence-corrected chi connectivity index (χ4v) is 4.63. The lowest BCUT2D eigenvalue weighted by Gasteiger charge is -2.37. The number of halogens is 1. The maximum atomic E-state index is 15.5. The number of nitrogens with zero attached hydrogens (tertiary/aromatic N) is 4. The van der Waals surface area contributed by atoms with Crippen LogP contribution in [0.5, 0.6) is 5.75 Å². The predicted molar refractivity (Wildman–Crippen MR) is 130 cm³/mol. The van der Waals surface area contributed by atoms with Gasteiger partial charge in [0.05, 0.1) is 22.6 Å². The summed E-state index contributed by atoms with van der Waals surface area (Å²) in [4.78, 5) is 30.7. The molecule has 1 aromatic heterocycles. The molecular formula is C25H28FN5O3. The minimum absolute atomic E-state index is 0.0401. The fraction of sp³-hybridized carbons (Fsp3) is 0.360. The Morgan fingerprint density at radius 3 is 2.59 bits per heavy atom. The molecule has 2 aliphatic rings. The third-order valence-electron chi connectivity index (χ3n) is 6.62. The van der Waals surface area contributed by atoms with Crippen molar-refractivity contribution in [3.05, 3.63) is 64.2 Å². The third-order valence-corrected chi connectivity index (χ3v) is 6.62. The first kappa shape index (κ1) is 22.2. The molecule has 0 radical (unpaired) electrons. The lowest BCUT2D eigenvalue weighted by Crippen LogP contribution is -2.45. The molecule has 1 N–H and O–H groups in total. The molecule has 0 bridgehead atoms. The van der Waals surface area contributed by atoms with Crippen LogP contribution in [0.4, 0.5) is 15.8 Å². The van der Waals surface area contributed by atoms with Crippen molar-refractivity contribution in [3.63, 3.8) is 0 Å². The highest BCUT2D eigenvalue weighted by atomic mass is 19.1. The molecule has 1 fully saturated rings. The molecule has 1 unspecified atom stereocenters. The van der Waals surface area contributed by atoms with Gasteiger partial charge in [-0.25, -0.2) is 4.39 Å². The summed E-state index contributed by atoms with van der Waals surface area (Å²) >= 11 is 0. The number of amides is 1. The number of aromatic nitrogens is 1. The van der Waals surface area contributed by atoms with E-state index in [0.29, 0.717) is 36.6 Å². The molecule has 34 heavy (non-hydrogen) atoms. The quantitative estimate of drug-likeness (QED) is 0.598. The van der Waals surface area contributed by atoms with E-state index in [0.717, 1.165) is 18.8 Å². The van der Waals surface area contributed by atoms with Crippen molar-refractivity contribution in [2.24, 2.45) is 0 Å². The second-order valence-corrected chi connectivity index (χ2v) is 9.00. The van der Waals surface area contributed by atoms with Crippen LogP contribution in [0.1, 0.15) is 23.3 Å². The molecule has 178 valence electrons.